The van der Waals surface area contributed by atoms with E-state index in [2.05, 4.69) is 10.3 Å². The minimum absolute atomic E-state index is 0.0999. The molecule has 2 aromatic carbocycles. The number of ether oxygens (including phenoxy) is 1. The van der Waals surface area contributed by atoms with Gasteiger partial charge in [-0.3, -0.25) is 20.3 Å². The maximum atomic E-state index is 12.2. The number of nitrogens with zero attached hydrogens (tertiary/aromatic N) is 2. The molecule has 2 N–H and O–H groups in total. The summed E-state index contributed by atoms with van der Waals surface area (Å²) in [6.07, 6.45) is -0.823. The number of benzene rings is 2. The first-order valence-electron chi connectivity index (χ1n) is 7.40. The average Bonchev–Trinajstić information content (AvgIpc) is 3.07. The third kappa shape index (κ3) is 2.85. The predicted octanol–water partition coefficient (Wildman–Crippen LogP) is 3.08. The van der Waals surface area contributed by atoms with E-state index in [-0.39, 0.29) is 16.4 Å². The van der Waals surface area contributed by atoms with Crippen molar-refractivity contribution in [2.75, 3.05) is 0 Å². The third-order valence-electron chi connectivity index (χ3n) is 3.79. The summed E-state index contributed by atoms with van der Waals surface area (Å²) in [5.41, 5.74) is 1.05. The fourth-order valence-electron chi connectivity index (χ4n) is 2.62. The first-order chi connectivity index (χ1) is 12.5. The first-order valence-corrected chi connectivity index (χ1v) is 9.55. The molecular weight excluding hydrogens is 376 g/mol. The highest BCUT2D eigenvalue weighted by Gasteiger charge is 2.28. The molecule has 0 fully saturated rings. The Hall–Kier alpha value is -3.11. The van der Waals surface area contributed by atoms with E-state index < -0.39 is 11.2 Å². The van der Waals surface area contributed by atoms with Crippen LogP contribution in [0.15, 0.2) is 42.5 Å². The van der Waals surface area contributed by atoms with Crippen molar-refractivity contribution in [1.82, 2.24) is 10.3 Å². The van der Waals surface area contributed by atoms with E-state index in [1.807, 2.05) is 0 Å². The number of nitro benzene ring substituents is 1. The van der Waals surface area contributed by atoms with E-state index in [4.69, 9.17) is 10.1 Å². The van der Waals surface area contributed by atoms with Crippen LogP contribution in [-0.4, -0.2) is 15.8 Å². The molecule has 0 radical (unpaired) electrons. The highest BCUT2D eigenvalue weighted by molar-refractivity contribution is 7.69. The summed E-state index contributed by atoms with van der Waals surface area (Å²) in [6, 6.07) is 11.4. The Balaban J connectivity index is 1.75. The summed E-state index contributed by atoms with van der Waals surface area (Å²) in [6.45, 7) is 0. The normalized spacial score (nSPS) is 15.7. The molecule has 0 saturated carbocycles. The first kappa shape index (κ1) is 16.4. The molecule has 8 nitrogen and oxygen atoms in total. The van der Waals surface area contributed by atoms with E-state index in [1.54, 1.807) is 36.4 Å². The van der Waals surface area contributed by atoms with Crippen LogP contribution in [0.1, 0.15) is 22.1 Å². The number of aromatic nitrogens is 1. The van der Waals surface area contributed by atoms with E-state index in [0.29, 0.717) is 27.4 Å². The van der Waals surface area contributed by atoms with Crippen molar-refractivity contribution in [2.45, 2.75) is 6.23 Å². The SMILES string of the molecule is N=c1nc(-c2ccc(C3NC(=O)c4ccccc4O3)cc2[N+](=O)[O-])ss1. The molecule has 1 unspecified atom stereocenters. The van der Waals surface area contributed by atoms with Crippen molar-refractivity contribution >= 4 is 32.3 Å². The Labute approximate surface area is 153 Å². The minimum Gasteiger partial charge on any atom is -0.466 e. The van der Waals surface area contributed by atoms with Crippen LogP contribution >= 0.6 is 20.7 Å². The molecule has 3 aromatic rings. The summed E-state index contributed by atoms with van der Waals surface area (Å²) < 4.78 is 5.78. The molecule has 1 aliphatic rings. The quantitative estimate of drug-likeness (QED) is 0.407. The molecule has 1 aliphatic heterocycles. The van der Waals surface area contributed by atoms with Gasteiger partial charge in [0.25, 0.3) is 11.6 Å². The summed E-state index contributed by atoms with van der Waals surface area (Å²) in [5, 5.41) is 22.1. The molecule has 1 aromatic heterocycles. The van der Waals surface area contributed by atoms with Gasteiger partial charge < -0.3 is 10.1 Å². The van der Waals surface area contributed by atoms with Gasteiger partial charge in [0.05, 0.1) is 16.1 Å². The van der Waals surface area contributed by atoms with E-state index in [1.165, 1.54) is 16.4 Å². The van der Waals surface area contributed by atoms with Crippen LogP contribution in [-0.2, 0) is 0 Å². The Morgan fingerprint density at radius 3 is 2.73 bits per heavy atom. The van der Waals surface area contributed by atoms with E-state index in [0.717, 1.165) is 10.3 Å². The molecule has 2 heterocycles. The topological polar surface area (TPSA) is 118 Å². The lowest BCUT2D eigenvalue weighted by Crippen LogP contribution is -2.36. The number of fused-ring (bicyclic) bond motifs is 1. The van der Waals surface area contributed by atoms with Crippen molar-refractivity contribution in [3.63, 3.8) is 0 Å². The van der Waals surface area contributed by atoms with Gasteiger partial charge in [-0.2, -0.15) is 0 Å². The minimum atomic E-state index is -0.823. The molecule has 26 heavy (non-hydrogen) atoms. The Bertz CT molecular complexity index is 1090. The van der Waals surface area contributed by atoms with E-state index in [9.17, 15) is 14.9 Å². The second kappa shape index (κ2) is 6.32. The van der Waals surface area contributed by atoms with Gasteiger partial charge in [0.15, 0.2) is 6.23 Å². The molecule has 4 rings (SSSR count). The van der Waals surface area contributed by atoms with Gasteiger partial charge in [-0.1, -0.05) is 28.5 Å². The Morgan fingerprint density at radius 2 is 2.00 bits per heavy atom. The number of rotatable bonds is 3. The summed E-state index contributed by atoms with van der Waals surface area (Å²) in [5.74, 6) is 0.123. The average molecular weight is 386 g/mol. The van der Waals surface area contributed by atoms with Crippen molar-refractivity contribution in [2.24, 2.45) is 0 Å². The lowest BCUT2D eigenvalue weighted by atomic mass is 10.1. The van der Waals surface area contributed by atoms with Gasteiger partial charge in [-0.25, -0.2) is 4.98 Å². The Morgan fingerprint density at radius 1 is 1.19 bits per heavy atom. The zero-order chi connectivity index (χ0) is 18.3. The summed E-state index contributed by atoms with van der Waals surface area (Å²) in [7, 11) is 2.34. The van der Waals surface area contributed by atoms with E-state index >= 15 is 0 Å². The number of nitro groups is 1. The van der Waals surface area contributed by atoms with Crippen LogP contribution in [0.3, 0.4) is 0 Å². The van der Waals surface area contributed by atoms with Crippen molar-refractivity contribution in [1.29, 1.82) is 5.41 Å². The molecule has 0 spiro atoms. The molecule has 1 atom stereocenters. The molecule has 10 heteroatoms. The molecule has 130 valence electrons. The lowest BCUT2D eigenvalue weighted by Gasteiger charge is -2.26. The van der Waals surface area contributed by atoms with Gasteiger partial charge in [-0.15, -0.1) is 0 Å². The van der Waals surface area contributed by atoms with Crippen LogP contribution in [0.25, 0.3) is 10.6 Å². The van der Waals surface area contributed by atoms with Crippen LogP contribution < -0.4 is 14.9 Å². The van der Waals surface area contributed by atoms with Crippen LogP contribution in [0.2, 0.25) is 0 Å². The van der Waals surface area contributed by atoms with Gasteiger partial charge in [0.2, 0.25) is 4.80 Å². The van der Waals surface area contributed by atoms with Gasteiger partial charge in [0, 0.05) is 11.6 Å². The molecule has 0 saturated heterocycles. The zero-order valence-electron chi connectivity index (χ0n) is 13.0. The molecule has 0 aliphatic carbocycles. The van der Waals surface area contributed by atoms with Crippen molar-refractivity contribution < 1.29 is 14.5 Å². The number of hydrogen-bond donors (Lipinski definition) is 2. The number of carbonyl (C=O) groups is 1. The van der Waals surface area contributed by atoms with Crippen LogP contribution in [0.5, 0.6) is 5.75 Å². The highest BCUT2D eigenvalue weighted by atomic mass is 32.9. The third-order valence-corrected chi connectivity index (χ3v) is 5.79. The maximum absolute atomic E-state index is 12.2. The van der Waals surface area contributed by atoms with Gasteiger partial charge in [-0.05, 0) is 28.5 Å². The number of hydrogen-bond acceptors (Lipinski definition) is 8. The largest absolute Gasteiger partial charge is 0.466 e. The van der Waals surface area contributed by atoms with Crippen molar-refractivity contribution in [3.05, 3.63) is 68.5 Å². The maximum Gasteiger partial charge on any atom is 0.280 e. The molecular formula is C16H10N4O4S2. The zero-order valence-corrected chi connectivity index (χ0v) is 14.6. The second-order valence-electron chi connectivity index (χ2n) is 5.39. The smallest absolute Gasteiger partial charge is 0.280 e. The van der Waals surface area contributed by atoms with Gasteiger partial charge in [0.1, 0.15) is 10.8 Å². The summed E-state index contributed by atoms with van der Waals surface area (Å²) >= 11 is 0. The number of carbonyl (C=O) groups excluding carboxylic acids is 1. The number of nitrogens with one attached hydrogen (secondary N) is 2. The molecule has 1 amide bonds. The number of amides is 1. The van der Waals surface area contributed by atoms with Crippen molar-refractivity contribution in [3.8, 4) is 16.3 Å². The lowest BCUT2D eigenvalue weighted by molar-refractivity contribution is -0.384. The molecule has 0 bridgehead atoms. The van der Waals surface area contributed by atoms with Gasteiger partial charge >= 0.3 is 0 Å². The second-order valence-corrected chi connectivity index (χ2v) is 7.50. The highest BCUT2D eigenvalue weighted by Crippen LogP contribution is 2.35. The fourth-order valence-corrected chi connectivity index (χ4v) is 4.32. The summed E-state index contributed by atoms with van der Waals surface area (Å²) in [4.78, 5) is 27.3. The Kier molecular flexibility index (Phi) is 3.98. The predicted molar refractivity (Wildman–Crippen MR) is 95.2 cm³/mol. The van der Waals surface area contributed by atoms with Crippen LogP contribution in [0, 0.1) is 15.5 Å². The number of para-hydroxylation sites is 1. The standard InChI is InChI=1S/C16H10N4O4S2/c17-16-19-15(25-26-16)9-6-5-8(7-11(9)20(22)23)14-18-13(21)10-3-1-2-4-12(10)24-14/h1-7,14,17H,(H,18,21). The monoisotopic (exact) mass is 386 g/mol. The van der Waals surface area contributed by atoms with Crippen LogP contribution in [0.4, 0.5) is 5.69 Å². The fraction of sp³-hybridized carbons (Fsp3) is 0.0625.